The van der Waals surface area contributed by atoms with Gasteiger partial charge >= 0.3 is 0 Å². The molecule has 27 heavy (non-hydrogen) atoms. The molecule has 1 heterocycles. The summed E-state index contributed by atoms with van der Waals surface area (Å²) >= 11 is 0. The van der Waals surface area contributed by atoms with Gasteiger partial charge in [0.2, 0.25) is 0 Å². The molecule has 0 spiro atoms. The highest BCUT2D eigenvalue weighted by Crippen LogP contribution is 2.22. The fourth-order valence-corrected chi connectivity index (χ4v) is 3.55. The molecular formula is C21H28N4OSi. The molecule has 6 heteroatoms. The van der Waals surface area contributed by atoms with Crippen molar-refractivity contribution in [1.82, 2.24) is 9.78 Å². The number of aromatic nitrogens is 2. The van der Waals surface area contributed by atoms with Crippen LogP contribution in [0.4, 0.5) is 11.4 Å². The third-order valence-electron chi connectivity index (χ3n) is 4.58. The summed E-state index contributed by atoms with van der Waals surface area (Å²) in [5.74, 6) is 0. The number of nitrogens with two attached hydrogens (primary N) is 2. The Balaban J connectivity index is 1.65. The minimum Gasteiger partial charge on any atom is -0.397 e. The average molecular weight is 381 g/mol. The Bertz CT molecular complexity index is 874. The molecule has 142 valence electrons. The van der Waals surface area contributed by atoms with E-state index in [0.29, 0.717) is 18.1 Å². The summed E-state index contributed by atoms with van der Waals surface area (Å²) in [7, 11) is -0.564. The third kappa shape index (κ3) is 5.21. The maximum atomic E-state index is 5.90. The van der Waals surface area contributed by atoms with Crippen LogP contribution in [-0.2, 0) is 17.9 Å². The number of hydrogen-bond acceptors (Lipinski definition) is 4. The van der Waals surface area contributed by atoms with E-state index in [4.69, 9.17) is 16.2 Å². The second-order valence-corrected chi connectivity index (χ2v) is 10.6. The van der Waals surface area contributed by atoms with Gasteiger partial charge in [0.15, 0.2) is 0 Å². The van der Waals surface area contributed by atoms with Crippen molar-refractivity contribution in [2.75, 3.05) is 18.1 Å². The van der Waals surface area contributed by atoms with Gasteiger partial charge in [0.25, 0.3) is 0 Å². The Hall–Kier alpha value is -2.57. The molecule has 0 saturated heterocycles. The smallest absolute Gasteiger partial charge is 0.139 e. The SMILES string of the molecule is C[SiH](C)CCOCn1nccc1-c1ccc(Cc2ccc(N)c(N)c2)cc1. The third-order valence-corrected chi connectivity index (χ3v) is 5.97. The number of nitrogens with zero attached hydrogens (tertiary/aromatic N) is 2. The minimum absolute atomic E-state index is 0.496. The van der Waals surface area contributed by atoms with Crippen LogP contribution in [0.1, 0.15) is 11.1 Å². The van der Waals surface area contributed by atoms with Gasteiger partial charge in [-0.3, -0.25) is 0 Å². The predicted octanol–water partition coefficient (Wildman–Crippen LogP) is 3.77. The molecule has 0 saturated carbocycles. The van der Waals surface area contributed by atoms with Gasteiger partial charge in [0, 0.05) is 21.6 Å². The molecule has 0 unspecified atom stereocenters. The molecule has 0 radical (unpaired) electrons. The first-order valence-corrected chi connectivity index (χ1v) is 12.5. The van der Waals surface area contributed by atoms with Crippen molar-refractivity contribution in [2.45, 2.75) is 32.3 Å². The lowest BCUT2D eigenvalue weighted by Gasteiger charge is -2.10. The van der Waals surface area contributed by atoms with Crippen molar-refractivity contribution in [2.24, 2.45) is 0 Å². The normalized spacial score (nSPS) is 11.2. The van der Waals surface area contributed by atoms with Crippen LogP contribution >= 0.6 is 0 Å². The van der Waals surface area contributed by atoms with Gasteiger partial charge in [-0.05, 0) is 47.4 Å². The van der Waals surface area contributed by atoms with Crippen molar-refractivity contribution < 1.29 is 4.74 Å². The summed E-state index contributed by atoms with van der Waals surface area (Å²) in [6, 6.07) is 17.6. The monoisotopic (exact) mass is 380 g/mol. The number of anilines is 2. The Labute approximate surface area is 162 Å². The molecule has 0 aliphatic carbocycles. The second kappa shape index (κ2) is 8.88. The molecule has 1 aromatic heterocycles. The molecule has 0 aliphatic rings. The maximum absolute atomic E-state index is 5.90. The first-order chi connectivity index (χ1) is 13.0. The summed E-state index contributed by atoms with van der Waals surface area (Å²) in [6.45, 7) is 5.98. The molecule has 0 aliphatic heterocycles. The van der Waals surface area contributed by atoms with Crippen LogP contribution in [0.25, 0.3) is 11.3 Å². The van der Waals surface area contributed by atoms with E-state index in [1.165, 1.54) is 11.6 Å². The van der Waals surface area contributed by atoms with Gasteiger partial charge < -0.3 is 16.2 Å². The summed E-state index contributed by atoms with van der Waals surface area (Å²) in [5.41, 5.74) is 17.5. The first-order valence-electron chi connectivity index (χ1n) is 9.35. The van der Waals surface area contributed by atoms with E-state index in [0.717, 1.165) is 29.8 Å². The van der Waals surface area contributed by atoms with Crippen LogP contribution in [0.15, 0.2) is 54.7 Å². The zero-order valence-corrected chi connectivity index (χ0v) is 17.2. The van der Waals surface area contributed by atoms with Crippen LogP contribution in [0.2, 0.25) is 19.1 Å². The predicted molar refractivity (Wildman–Crippen MR) is 115 cm³/mol. The molecule has 3 aromatic rings. The van der Waals surface area contributed by atoms with Crippen molar-refractivity contribution >= 4 is 20.2 Å². The Kier molecular flexibility index (Phi) is 6.31. The van der Waals surface area contributed by atoms with Crippen molar-refractivity contribution in [3.8, 4) is 11.3 Å². The number of hydrogen-bond donors (Lipinski definition) is 2. The van der Waals surface area contributed by atoms with Crippen LogP contribution < -0.4 is 11.5 Å². The topological polar surface area (TPSA) is 79.1 Å². The summed E-state index contributed by atoms with van der Waals surface area (Å²) in [4.78, 5) is 0. The Morgan fingerprint density at radius 2 is 1.70 bits per heavy atom. The Morgan fingerprint density at radius 3 is 2.41 bits per heavy atom. The Morgan fingerprint density at radius 1 is 0.963 bits per heavy atom. The van der Waals surface area contributed by atoms with Crippen LogP contribution in [0.3, 0.4) is 0 Å². The van der Waals surface area contributed by atoms with Gasteiger partial charge in [-0.1, -0.05) is 43.4 Å². The molecule has 0 amide bonds. The van der Waals surface area contributed by atoms with Gasteiger partial charge in [0.1, 0.15) is 6.73 Å². The van der Waals surface area contributed by atoms with Crippen LogP contribution in [0.5, 0.6) is 0 Å². The summed E-state index contributed by atoms with van der Waals surface area (Å²) in [5, 5.41) is 4.39. The lowest BCUT2D eigenvalue weighted by Crippen LogP contribution is -2.10. The first kappa shape index (κ1) is 19.2. The quantitative estimate of drug-likeness (QED) is 0.354. The number of rotatable bonds is 8. The van der Waals surface area contributed by atoms with Gasteiger partial charge in [-0.2, -0.15) is 5.10 Å². The van der Waals surface area contributed by atoms with Crippen molar-refractivity contribution in [3.05, 3.63) is 65.9 Å². The summed E-state index contributed by atoms with van der Waals surface area (Å²) in [6.07, 6.45) is 2.65. The second-order valence-electron chi connectivity index (χ2n) is 7.27. The van der Waals surface area contributed by atoms with Crippen LogP contribution in [-0.4, -0.2) is 25.2 Å². The molecule has 0 bridgehead atoms. The zero-order chi connectivity index (χ0) is 19.2. The van der Waals surface area contributed by atoms with Gasteiger partial charge in [0.05, 0.1) is 17.1 Å². The zero-order valence-electron chi connectivity index (χ0n) is 16.1. The highest BCUT2D eigenvalue weighted by atomic mass is 28.3. The molecular weight excluding hydrogens is 352 g/mol. The fourth-order valence-electron chi connectivity index (χ4n) is 2.91. The molecule has 4 N–H and O–H groups in total. The van der Waals surface area contributed by atoms with E-state index >= 15 is 0 Å². The van der Waals surface area contributed by atoms with Gasteiger partial charge in [-0.15, -0.1) is 0 Å². The average Bonchev–Trinajstić information content (AvgIpc) is 3.11. The number of ether oxygens (including phenoxy) is 1. The van der Waals surface area contributed by atoms with E-state index in [-0.39, 0.29) is 0 Å². The highest BCUT2D eigenvalue weighted by molar-refractivity contribution is 6.55. The minimum atomic E-state index is -0.564. The number of benzene rings is 2. The largest absolute Gasteiger partial charge is 0.397 e. The summed E-state index contributed by atoms with van der Waals surface area (Å²) < 4.78 is 7.70. The van der Waals surface area contributed by atoms with E-state index in [1.54, 1.807) is 0 Å². The molecule has 3 rings (SSSR count). The van der Waals surface area contributed by atoms with E-state index in [1.807, 2.05) is 35.1 Å². The standard InChI is InChI=1S/C21H28N4OSi/c1-27(2)12-11-26-15-25-21(9-10-24-25)18-6-3-16(4-7-18)13-17-5-8-19(22)20(23)14-17/h3-10,14,27H,11-13,15,22-23H2,1-2H3. The number of nitrogen functional groups attached to an aromatic ring is 2. The van der Waals surface area contributed by atoms with Gasteiger partial charge in [-0.25, -0.2) is 4.68 Å². The van der Waals surface area contributed by atoms with Crippen LogP contribution in [0, 0.1) is 0 Å². The maximum Gasteiger partial charge on any atom is 0.139 e. The lowest BCUT2D eigenvalue weighted by molar-refractivity contribution is 0.0801. The van der Waals surface area contributed by atoms with E-state index in [9.17, 15) is 0 Å². The molecule has 2 aromatic carbocycles. The fraction of sp³-hybridized carbons (Fsp3) is 0.286. The van der Waals surface area contributed by atoms with Crippen molar-refractivity contribution in [1.29, 1.82) is 0 Å². The highest BCUT2D eigenvalue weighted by Gasteiger charge is 2.07. The van der Waals surface area contributed by atoms with E-state index in [2.05, 4.69) is 42.5 Å². The molecule has 0 atom stereocenters. The lowest BCUT2D eigenvalue weighted by atomic mass is 10.0. The molecule has 0 fully saturated rings. The molecule has 5 nitrogen and oxygen atoms in total. The van der Waals surface area contributed by atoms with E-state index < -0.39 is 8.80 Å². The van der Waals surface area contributed by atoms with Crippen molar-refractivity contribution in [3.63, 3.8) is 0 Å².